The van der Waals surface area contributed by atoms with Gasteiger partial charge in [-0.25, -0.2) is 0 Å². The van der Waals surface area contributed by atoms with Gasteiger partial charge < -0.3 is 0 Å². The largest absolute Gasteiger partial charge is 0.198 e. The van der Waals surface area contributed by atoms with E-state index in [2.05, 4.69) is 43.3 Å². The van der Waals surface area contributed by atoms with E-state index in [9.17, 15) is 0 Å². The van der Waals surface area contributed by atoms with Crippen molar-refractivity contribution in [2.75, 3.05) is 0 Å². The van der Waals surface area contributed by atoms with Crippen molar-refractivity contribution in [3.8, 4) is 17.2 Å². The summed E-state index contributed by atoms with van der Waals surface area (Å²) in [4.78, 5) is 0. The Morgan fingerprint density at radius 1 is 1.00 bits per heavy atom. The molecule has 0 unspecified atom stereocenters. The van der Waals surface area contributed by atoms with Crippen molar-refractivity contribution in [1.82, 2.24) is 0 Å². The highest BCUT2D eigenvalue weighted by Gasteiger charge is 2.03. The van der Waals surface area contributed by atoms with Crippen molar-refractivity contribution in [3.05, 3.63) is 59.7 Å². The number of nitriles is 1. The van der Waals surface area contributed by atoms with E-state index in [0.29, 0.717) is 6.42 Å². The fourth-order valence-corrected chi connectivity index (χ4v) is 1.77. The monoisotopic (exact) mass is 207 g/mol. The first-order valence-corrected chi connectivity index (χ1v) is 5.33. The minimum absolute atomic E-state index is 0.462. The molecule has 16 heavy (non-hydrogen) atoms. The number of rotatable bonds is 2. The van der Waals surface area contributed by atoms with Crippen LogP contribution < -0.4 is 0 Å². The SMILES string of the molecule is Cc1ccc(-c2ccccc2CC#N)cc1. The third-order valence-electron chi connectivity index (χ3n) is 2.65. The standard InChI is InChI=1S/C15H13N/c1-12-6-8-14(9-7-12)15-5-3-2-4-13(15)10-11-16/h2-9H,10H2,1H3. The van der Waals surface area contributed by atoms with E-state index in [1.54, 1.807) is 0 Å². The van der Waals surface area contributed by atoms with Crippen molar-refractivity contribution >= 4 is 0 Å². The molecule has 0 saturated carbocycles. The van der Waals surface area contributed by atoms with Gasteiger partial charge in [0.2, 0.25) is 0 Å². The van der Waals surface area contributed by atoms with Crippen LogP contribution >= 0.6 is 0 Å². The Morgan fingerprint density at radius 2 is 1.69 bits per heavy atom. The van der Waals surface area contributed by atoms with Crippen LogP contribution in [0, 0.1) is 18.3 Å². The smallest absolute Gasteiger partial charge is 0.0669 e. The molecule has 0 heterocycles. The van der Waals surface area contributed by atoms with Gasteiger partial charge in [0.25, 0.3) is 0 Å². The van der Waals surface area contributed by atoms with Gasteiger partial charge in [0, 0.05) is 0 Å². The fraction of sp³-hybridized carbons (Fsp3) is 0.133. The normalized spacial score (nSPS) is 9.75. The van der Waals surface area contributed by atoms with Gasteiger partial charge >= 0.3 is 0 Å². The zero-order valence-corrected chi connectivity index (χ0v) is 9.27. The molecule has 2 rings (SSSR count). The second-order valence-electron chi connectivity index (χ2n) is 3.86. The van der Waals surface area contributed by atoms with Crippen LogP contribution in [0.15, 0.2) is 48.5 Å². The average Bonchev–Trinajstić information content (AvgIpc) is 2.32. The summed E-state index contributed by atoms with van der Waals surface area (Å²) in [5.74, 6) is 0. The highest BCUT2D eigenvalue weighted by Crippen LogP contribution is 2.24. The number of aryl methyl sites for hydroxylation is 1. The Labute approximate surface area is 96.0 Å². The van der Waals surface area contributed by atoms with Crippen LogP contribution in [0.3, 0.4) is 0 Å². The van der Waals surface area contributed by atoms with E-state index >= 15 is 0 Å². The van der Waals surface area contributed by atoms with Gasteiger partial charge in [-0.05, 0) is 23.6 Å². The molecule has 0 aliphatic rings. The first-order chi connectivity index (χ1) is 7.81. The predicted molar refractivity (Wildman–Crippen MR) is 65.9 cm³/mol. The molecule has 0 spiro atoms. The summed E-state index contributed by atoms with van der Waals surface area (Å²) in [6, 6.07) is 18.7. The van der Waals surface area contributed by atoms with Crippen LogP contribution in [-0.2, 0) is 6.42 Å². The molecule has 0 aromatic heterocycles. The molecule has 0 atom stereocenters. The lowest BCUT2D eigenvalue weighted by Crippen LogP contribution is -1.87. The Bertz CT molecular complexity index is 518. The van der Waals surface area contributed by atoms with E-state index in [4.69, 9.17) is 5.26 Å². The molecule has 78 valence electrons. The number of benzene rings is 2. The third kappa shape index (κ3) is 2.12. The number of nitrogens with zero attached hydrogens (tertiary/aromatic N) is 1. The minimum atomic E-state index is 0.462. The van der Waals surface area contributed by atoms with Gasteiger partial charge in [-0.1, -0.05) is 54.1 Å². The lowest BCUT2D eigenvalue weighted by molar-refractivity contribution is 1.26. The van der Waals surface area contributed by atoms with Crippen molar-refractivity contribution < 1.29 is 0 Å². The molecule has 2 aromatic carbocycles. The second-order valence-corrected chi connectivity index (χ2v) is 3.86. The molecule has 0 N–H and O–H groups in total. The van der Waals surface area contributed by atoms with Gasteiger partial charge in [0.05, 0.1) is 12.5 Å². The van der Waals surface area contributed by atoms with Gasteiger partial charge in [0.15, 0.2) is 0 Å². The van der Waals surface area contributed by atoms with Crippen molar-refractivity contribution in [1.29, 1.82) is 5.26 Å². The molecule has 0 amide bonds. The Kier molecular flexibility index (Phi) is 3.03. The van der Waals surface area contributed by atoms with E-state index < -0.39 is 0 Å². The van der Waals surface area contributed by atoms with E-state index in [-0.39, 0.29) is 0 Å². The van der Waals surface area contributed by atoms with Crippen LogP contribution in [0.1, 0.15) is 11.1 Å². The van der Waals surface area contributed by atoms with Gasteiger partial charge in [-0.15, -0.1) is 0 Å². The zero-order chi connectivity index (χ0) is 11.4. The van der Waals surface area contributed by atoms with E-state index in [0.717, 1.165) is 11.1 Å². The van der Waals surface area contributed by atoms with Gasteiger partial charge in [-0.3, -0.25) is 0 Å². The molecule has 1 heteroatoms. The zero-order valence-electron chi connectivity index (χ0n) is 9.27. The van der Waals surface area contributed by atoms with Crippen molar-refractivity contribution in [3.63, 3.8) is 0 Å². The van der Waals surface area contributed by atoms with Crippen molar-refractivity contribution in [2.24, 2.45) is 0 Å². The van der Waals surface area contributed by atoms with Gasteiger partial charge in [0.1, 0.15) is 0 Å². The molecule has 0 aliphatic heterocycles. The first-order valence-electron chi connectivity index (χ1n) is 5.33. The molecule has 0 saturated heterocycles. The highest BCUT2D eigenvalue weighted by atomic mass is 14.2. The minimum Gasteiger partial charge on any atom is -0.198 e. The fourth-order valence-electron chi connectivity index (χ4n) is 1.77. The first kappa shape index (κ1) is 10.4. The molecule has 0 fully saturated rings. The molecule has 0 aliphatic carbocycles. The van der Waals surface area contributed by atoms with Crippen LogP contribution in [0.4, 0.5) is 0 Å². The Morgan fingerprint density at radius 3 is 2.38 bits per heavy atom. The molecule has 2 aromatic rings. The van der Waals surface area contributed by atoms with Crippen LogP contribution in [0.2, 0.25) is 0 Å². The summed E-state index contributed by atoms with van der Waals surface area (Å²) in [7, 11) is 0. The lowest BCUT2D eigenvalue weighted by Gasteiger charge is -2.06. The lowest BCUT2D eigenvalue weighted by atomic mass is 9.97. The summed E-state index contributed by atoms with van der Waals surface area (Å²) in [6.45, 7) is 2.07. The number of hydrogen-bond donors (Lipinski definition) is 0. The molecule has 1 nitrogen and oxygen atoms in total. The summed E-state index contributed by atoms with van der Waals surface area (Å²) in [5, 5.41) is 8.79. The third-order valence-corrected chi connectivity index (χ3v) is 2.65. The van der Waals surface area contributed by atoms with E-state index in [1.807, 2.05) is 18.2 Å². The molecule has 0 bridgehead atoms. The van der Waals surface area contributed by atoms with Gasteiger partial charge in [-0.2, -0.15) is 5.26 Å². The quantitative estimate of drug-likeness (QED) is 0.736. The maximum atomic E-state index is 8.79. The summed E-state index contributed by atoms with van der Waals surface area (Å²) < 4.78 is 0. The van der Waals surface area contributed by atoms with E-state index in [1.165, 1.54) is 11.1 Å². The summed E-state index contributed by atoms with van der Waals surface area (Å²) in [5.41, 5.74) is 4.68. The second kappa shape index (κ2) is 4.63. The van der Waals surface area contributed by atoms with Crippen molar-refractivity contribution in [2.45, 2.75) is 13.3 Å². The van der Waals surface area contributed by atoms with Crippen LogP contribution in [0.5, 0.6) is 0 Å². The maximum absolute atomic E-state index is 8.79. The summed E-state index contributed by atoms with van der Waals surface area (Å²) in [6.07, 6.45) is 0.462. The molecule has 0 radical (unpaired) electrons. The highest BCUT2D eigenvalue weighted by molar-refractivity contribution is 5.67. The maximum Gasteiger partial charge on any atom is 0.0669 e. The topological polar surface area (TPSA) is 23.8 Å². The Balaban J connectivity index is 2.47. The number of hydrogen-bond acceptors (Lipinski definition) is 1. The Hall–Kier alpha value is -2.07. The predicted octanol–water partition coefficient (Wildman–Crippen LogP) is 3.73. The average molecular weight is 207 g/mol. The molecular formula is C15H13N. The summed E-state index contributed by atoms with van der Waals surface area (Å²) >= 11 is 0. The molecular weight excluding hydrogens is 194 g/mol. The van der Waals surface area contributed by atoms with Crippen LogP contribution in [-0.4, -0.2) is 0 Å². The van der Waals surface area contributed by atoms with Crippen LogP contribution in [0.25, 0.3) is 11.1 Å².